The number of aryl methyl sites for hydroxylation is 2. The molecule has 3 rings (SSSR count). The van der Waals surface area contributed by atoms with E-state index in [1.807, 2.05) is 38.1 Å². The Morgan fingerprint density at radius 1 is 1.21 bits per heavy atom. The molecule has 0 spiro atoms. The number of ether oxygens (including phenoxy) is 2. The summed E-state index contributed by atoms with van der Waals surface area (Å²) < 4.78 is 10.2. The molecule has 6 nitrogen and oxygen atoms in total. The summed E-state index contributed by atoms with van der Waals surface area (Å²) in [4.78, 5) is 19.1. The topological polar surface area (TPSA) is 88.0 Å². The fraction of sp³-hybridized carbons (Fsp3) is 0.227. The molecule has 2 aromatic carbocycles. The highest BCUT2D eigenvalue weighted by Crippen LogP contribution is 2.22. The van der Waals surface area contributed by atoms with Crippen LogP contribution < -0.4 is 4.74 Å². The number of aromatic amines is 1. The summed E-state index contributed by atoms with van der Waals surface area (Å²) >= 11 is 0. The van der Waals surface area contributed by atoms with Crippen LogP contribution in [0.1, 0.15) is 29.4 Å². The molecular weight excluding hydrogens is 354 g/mol. The first kappa shape index (κ1) is 19.2. The SMILES string of the molecule is CCOC(=O)COc1ccc(/C=C(\C#N)c2nc3cc(C)c(C)cc3[nH]2)cc1. The number of hydrogen-bond acceptors (Lipinski definition) is 5. The highest BCUT2D eigenvalue weighted by atomic mass is 16.6. The third kappa shape index (κ3) is 4.38. The molecule has 1 N–H and O–H groups in total. The molecule has 6 heteroatoms. The number of aromatic nitrogens is 2. The molecule has 142 valence electrons. The molecule has 3 aromatic rings. The molecule has 0 atom stereocenters. The van der Waals surface area contributed by atoms with Gasteiger partial charge in [-0.3, -0.25) is 0 Å². The van der Waals surface area contributed by atoms with E-state index < -0.39 is 5.97 Å². The molecular formula is C22H21N3O3. The van der Waals surface area contributed by atoms with Crippen molar-refractivity contribution in [3.63, 3.8) is 0 Å². The second-order valence-electron chi connectivity index (χ2n) is 6.37. The summed E-state index contributed by atoms with van der Waals surface area (Å²) in [6.45, 7) is 6.02. The van der Waals surface area contributed by atoms with Gasteiger partial charge >= 0.3 is 5.97 Å². The third-order valence-electron chi connectivity index (χ3n) is 4.33. The standard InChI is InChI=1S/C22H21N3O3/c1-4-27-21(26)13-28-18-7-5-16(6-8-18)11-17(12-23)22-24-19-9-14(2)15(3)10-20(19)25-22/h5-11H,4,13H2,1-3H3,(H,24,25)/b17-11+. The van der Waals surface area contributed by atoms with Gasteiger partial charge in [0.1, 0.15) is 17.6 Å². The van der Waals surface area contributed by atoms with Gasteiger partial charge in [-0.25, -0.2) is 9.78 Å². The highest BCUT2D eigenvalue weighted by molar-refractivity contribution is 5.90. The normalized spacial score (nSPS) is 11.3. The van der Waals surface area contributed by atoms with Gasteiger partial charge in [-0.15, -0.1) is 0 Å². The van der Waals surface area contributed by atoms with Crippen molar-refractivity contribution >= 4 is 28.7 Å². The van der Waals surface area contributed by atoms with E-state index in [4.69, 9.17) is 9.47 Å². The molecule has 0 aliphatic carbocycles. The average Bonchev–Trinajstić information content (AvgIpc) is 3.08. The number of rotatable bonds is 6. The van der Waals surface area contributed by atoms with Gasteiger partial charge in [0, 0.05) is 0 Å². The first-order chi connectivity index (χ1) is 13.5. The summed E-state index contributed by atoms with van der Waals surface area (Å²) in [7, 11) is 0. The van der Waals surface area contributed by atoms with E-state index in [9.17, 15) is 10.1 Å². The number of nitrogens with zero attached hydrogens (tertiary/aromatic N) is 2. The lowest BCUT2D eigenvalue weighted by molar-refractivity contribution is -0.145. The quantitative estimate of drug-likeness (QED) is 0.516. The highest BCUT2D eigenvalue weighted by Gasteiger charge is 2.09. The van der Waals surface area contributed by atoms with Crippen LogP contribution in [0.15, 0.2) is 36.4 Å². The van der Waals surface area contributed by atoms with Crippen LogP contribution in [0, 0.1) is 25.2 Å². The average molecular weight is 375 g/mol. The van der Waals surface area contributed by atoms with Crippen molar-refractivity contribution < 1.29 is 14.3 Å². The van der Waals surface area contributed by atoms with E-state index in [1.54, 1.807) is 25.1 Å². The summed E-state index contributed by atoms with van der Waals surface area (Å²) in [5.41, 5.74) is 5.33. The van der Waals surface area contributed by atoms with E-state index in [0.29, 0.717) is 23.8 Å². The van der Waals surface area contributed by atoms with E-state index in [1.165, 1.54) is 5.56 Å². The zero-order chi connectivity index (χ0) is 20.1. The van der Waals surface area contributed by atoms with Crippen LogP contribution in [0.25, 0.3) is 22.7 Å². The molecule has 0 bridgehead atoms. The Bertz CT molecular complexity index is 1030. The van der Waals surface area contributed by atoms with Gasteiger partial charge in [-0.05, 0) is 67.8 Å². The Labute approximate surface area is 163 Å². The van der Waals surface area contributed by atoms with Crippen LogP contribution in [0.2, 0.25) is 0 Å². The van der Waals surface area contributed by atoms with Gasteiger partial charge in [0.25, 0.3) is 0 Å². The first-order valence-electron chi connectivity index (χ1n) is 8.97. The molecule has 0 unspecified atom stereocenters. The monoisotopic (exact) mass is 375 g/mol. The zero-order valence-corrected chi connectivity index (χ0v) is 16.1. The van der Waals surface area contributed by atoms with E-state index in [2.05, 4.69) is 16.0 Å². The van der Waals surface area contributed by atoms with Crippen LogP contribution in [0.4, 0.5) is 0 Å². The van der Waals surface area contributed by atoms with E-state index in [0.717, 1.165) is 22.2 Å². The molecule has 0 aliphatic rings. The van der Waals surface area contributed by atoms with Gasteiger partial charge in [-0.2, -0.15) is 5.26 Å². The fourth-order valence-electron chi connectivity index (χ4n) is 2.72. The predicted octanol–water partition coefficient (Wildman–Crippen LogP) is 4.19. The number of esters is 1. The number of carbonyl (C=O) groups excluding carboxylic acids is 1. The summed E-state index contributed by atoms with van der Waals surface area (Å²) in [6.07, 6.45) is 1.76. The number of allylic oxidation sites excluding steroid dienone is 1. The van der Waals surface area contributed by atoms with Crippen molar-refractivity contribution in [1.82, 2.24) is 9.97 Å². The number of imidazole rings is 1. The van der Waals surface area contributed by atoms with Crippen molar-refractivity contribution in [2.75, 3.05) is 13.2 Å². The van der Waals surface area contributed by atoms with Gasteiger partial charge < -0.3 is 14.5 Å². The minimum atomic E-state index is -0.409. The van der Waals surface area contributed by atoms with Crippen LogP contribution >= 0.6 is 0 Å². The smallest absolute Gasteiger partial charge is 0.344 e. The minimum Gasteiger partial charge on any atom is -0.482 e. The number of hydrogen-bond donors (Lipinski definition) is 1. The summed E-state index contributed by atoms with van der Waals surface area (Å²) in [6, 6.07) is 13.4. The number of carbonyl (C=O) groups is 1. The number of fused-ring (bicyclic) bond motifs is 1. The Kier molecular flexibility index (Phi) is 5.75. The maximum Gasteiger partial charge on any atom is 0.344 e. The van der Waals surface area contributed by atoms with Crippen molar-refractivity contribution in [2.45, 2.75) is 20.8 Å². The largest absolute Gasteiger partial charge is 0.482 e. The molecule has 0 amide bonds. The van der Waals surface area contributed by atoms with Crippen LogP contribution in [-0.2, 0) is 9.53 Å². The Hall–Kier alpha value is -3.59. The van der Waals surface area contributed by atoms with Gasteiger partial charge in [0.05, 0.1) is 23.2 Å². The molecule has 0 saturated carbocycles. The molecule has 28 heavy (non-hydrogen) atoms. The number of H-pyrrole nitrogens is 1. The maximum absolute atomic E-state index is 11.3. The van der Waals surface area contributed by atoms with E-state index >= 15 is 0 Å². The van der Waals surface area contributed by atoms with Gasteiger partial charge in [0.2, 0.25) is 0 Å². The first-order valence-corrected chi connectivity index (χ1v) is 8.97. The lowest BCUT2D eigenvalue weighted by Gasteiger charge is -2.05. The van der Waals surface area contributed by atoms with Gasteiger partial charge in [-0.1, -0.05) is 12.1 Å². The van der Waals surface area contributed by atoms with Gasteiger partial charge in [0.15, 0.2) is 6.61 Å². The number of benzene rings is 2. The molecule has 0 radical (unpaired) electrons. The maximum atomic E-state index is 11.3. The zero-order valence-electron chi connectivity index (χ0n) is 16.1. The number of nitriles is 1. The molecule has 0 fully saturated rings. The second-order valence-corrected chi connectivity index (χ2v) is 6.37. The second kappa shape index (κ2) is 8.40. The van der Waals surface area contributed by atoms with Crippen LogP contribution in [0.3, 0.4) is 0 Å². The van der Waals surface area contributed by atoms with Crippen molar-refractivity contribution in [3.8, 4) is 11.8 Å². The molecule has 0 saturated heterocycles. The van der Waals surface area contributed by atoms with Crippen molar-refractivity contribution in [1.29, 1.82) is 5.26 Å². The third-order valence-corrected chi connectivity index (χ3v) is 4.33. The lowest BCUT2D eigenvalue weighted by atomic mass is 10.1. The fourth-order valence-corrected chi connectivity index (χ4v) is 2.72. The Morgan fingerprint density at radius 2 is 1.93 bits per heavy atom. The predicted molar refractivity (Wildman–Crippen MR) is 108 cm³/mol. The van der Waals surface area contributed by atoms with Crippen molar-refractivity contribution in [3.05, 3.63) is 58.9 Å². The van der Waals surface area contributed by atoms with Crippen molar-refractivity contribution in [2.24, 2.45) is 0 Å². The molecule has 1 aromatic heterocycles. The van der Waals surface area contributed by atoms with E-state index in [-0.39, 0.29) is 6.61 Å². The van der Waals surface area contributed by atoms with Crippen LogP contribution in [-0.4, -0.2) is 29.2 Å². The van der Waals surface area contributed by atoms with Crippen LogP contribution in [0.5, 0.6) is 5.75 Å². The number of nitrogens with one attached hydrogen (secondary N) is 1. The summed E-state index contributed by atoms with van der Waals surface area (Å²) in [5.74, 6) is 0.678. The minimum absolute atomic E-state index is 0.135. The molecule has 1 heterocycles. The Balaban J connectivity index is 1.79. The summed E-state index contributed by atoms with van der Waals surface area (Å²) in [5, 5.41) is 9.57. The lowest BCUT2D eigenvalue weighted by Crippen LogP contribution is -2.14. The molecule has 0 aliphatic heterocycles. The Morgan fingerprint density at radius 3 is 2.61 bits per heavy atom.